The number of aryl methyl sites for hydroxylation is 1. The van der Waals surface area contributed by atoms with Gasteiger partial charge in [0.15, 0.2) is 0 Å². The molecule has 0 unspecified atom stereocenters. The number of carbonyl (C=O) groups is 1. The van der Waals surface area contributed by atoms with Gasteiger partial charge in [0.05, 0.1) is 11.4 Å². The Balaban J connectivity index is 1.75. The molecule has 9 heteroatoms. The Hall–Kier alpha value is -2.09. The number of nitrogens with zero attached hydrogens (tertiary/aromatic N) is 1. The fourth-order valence-corrected chi connectivity index (χ4v) is 5.37. The maximum absolute atomic E-state index is 13.4. The van der Waals surface area contributed by atoms with E-state index in [1.54, 1.807) is 12.1 Å². The van der Waals surface area contributed by atoms with Gasteiger partial charge in [-0.05, 0) is 67.3 Å². The molecule has 0 aliphatic heterocycles. The minimum absolute atomic E-state index is 0.0342. The van der Waals surface area contributed by atoms with Crippen LogP contribution in [-0.4, -0.2) is 31.2 Å². The van der Waals surface area contributed by atoms with Crippen molar-refractivity contribution in [1.29, 1.82) is 0 Å². The molecule has 3 rings (SSSR count). The number of benzene rings is 3. The van der Waals surface area contributed by atoms with Crippen LogP contribution in [0.3, 0.4) is 0 Å². The van der Waals surface area contributed by atoms with E-state index in [-0.39, 0.29) is 24.0 Å². The van der Waals surface area contributed by atoms with Gasteiger partial charge in [0.2, 0.25) is 15.9 Å². The SMILES string of the molecule is C[C@@H](CCc1ccccc1)NC(=O)CN(Cc1ccc(Cl)cc1Cl)S(=O)(=O)c1ccc(Cl)cc1. The summed E-state index contributed by atoms with van der Waals surface area (Å²) in [5.74, 6) is -0.400. The fraction of sp³-hybridized carbons (Fsp3) is 0.240. The first-order valence-electron chi connectivity index (χ1n) is 10.7. The van der Waals surface area contributed by atoms with Crippen molar-refractivity contribution in [2.24, 2.45) is 0 Å². The van der Waals surface area contributed by atoms with Crippen molar-refractivity contribution in [3.05, 3.63) is 99.0 Å². The van der Waals surface area contributed by atoms with Gasteiger partial charge >= 0.3 is 0 Å². The van der Waals surface area contributed by atoms with Crippen LogP contribution in [0.25, 0.3) is 0 Å². The Morgan fingerprint density at radius 1 is 0.941 bits per heavy atom. The molecule has 0 fully saturated rings. The fourth-order valence-electron chi connectivity index (χ4n) is 3.40. The second-order valence-corrected chi connectivity index (χ2v) is 11.2. The van der Waals surface area contributed by atoms with Crippen LogP contribution in [0.4, 0.5) is 0 Å². The van der Waals surface area contributed by atoms with E-state index in [1.165, 1.54) is 35.9 Å². The number of amides is 1. The van der Waals surface area contributed by atoms with Gasteiger partial charge in [-0.1, -0.05) is 71.2 Å². The van der Waals surface area contributed by atoms with E-state index in [2.05, 4.69) is 5.32 Å². The van der Waals surface area contributed by atoms with Crippen LogP contribution in [0, 0.1) is 0 Å². The van der Waals surface area contributed by atoms with Crippen LogP contribution in [0.2, 0.25) is 15.1 Å². The van der Waals surface area contributed by atoms with Crippen molar-refractivity contribution < 1.29 is 13.2 Å². The zero-order valence-corrected chi connectivity index (χ0v) is 21.6. The predicted molar refractivity (Wildman–Crippen MR) is 138 cm³/mol. The quantitative estimate of drug-likeness (QED) is 0.345. The van der Waals surface area contributed by atoms with Crippen LogP contribution in [0.5, 0.6) is 0 Å². The van der Waals surface area contributed by atoms with Gasteiger partial charge in [0, 0.05) is 27.7 Å². The van der Waals surface area contributed by atoms with Gasteiger partial charge in [0.1, 0.15) is 0 Å². The lowest BCUT2D eigenvalue weighted by Crippen LogP contribution is -2.43. The molecule has 0 aliphatic carbocycles. The van der Waals surface area contributed by atoms with Crippen LogP contribution in [0.1, 0.15) is 24.5 Å². The van der Waals surface area contributed by atoms with Gasteiger partial charge < -0.3 is 5.32 Å². The molecule has 0 saturated heterocycles. The second kappa shape index (κ2) is 12.0. The Bertz CT molecular complexity index is 1220. The highest BCUT2D eigenvalue weighted by molar-refractivity contribution is 7.89. The second-order valence-electron chi connectivity index (χ2n) is 7.96. The molecular weight excluding hydrogens is 515 g/mol. The summed E-state index contributed by atoms with van der Waals surface area (Å²) in [5.41, 5.74) is 1.71. The summed E-state index contributed by atoms with van der Waals surface area (Å²) in [6.07, 6.45) is 1.53. The largest absolute Gasteiger partial charge is 0.352 e. The van der Waals surface area contributed by atoms with Crippen molar-refractivity contribution in [2.45, 2.75) is 37.2 Å². The molecular formula is C25H25Cl3N2O3S. The van der Waals surface area contributed by atoms with E-state index in [0.29, 0.717) is 20.6 Å². The first-order chi connectivity index (χ1) is 16.1. The van der Waals surface area contributed by atoms with Crippen molar-refractivity contribution in [3.8, 4) is 0 Å². The van der Waals surface area contributed by atoms with Crippen molar-refractivity contribution in [1.82, 2.24) is 9.62 Å². The molecule has 0 bridgehead atoms. The Kier molecular flexibility index (Phi) is 9.39. The number of halogens is 3. The molecule has 0 heterocycles. The highest BCUT2D eigenvalue weighted by atomic mass is 35.5. The molecule has 180 valence electrons. The third kappa shape index (κ3) is 7.45. The first kappa shape index (κ1) is 26.5. The highest BCUT2D eigenvalue weighted by Gasteiger charge is 2.28. The summed E-state index contributed by atoms with van der Waals surface area (Å²) < 4.78 is 27.9. The molecule has 0 spiro atoms. The number of sulfonamides is 1. The number of rotatable bonds is 10. The maximum Gasteiger partial charge on any atom is 0.243 e. The van der Waals surface area contributed by atoms with Crippen LogP contribution >= 0.6 is 34.8 Å². The lowest BCUT2D eigenvalue weighted by Gasteiger charge is -2.24. The van der Waals surface area contributed by atoms with Gasteiger partial charge in [-0.15, -0.1) is 0 Å². The molecule has 1 atom stereocenters. The van der Waals surface area contributed by atoms with Gasteiger partial charge in [-0.3, -0.25) is 4.79 Å². The zero-order valence-electron chi connectivity index (χ0n) is 18.5. The Morgan fingerprint density at radius 3 is 2.24 bits per heavy atom. The maximum atomic E-state index is 13.4. The third-order valence-electron chi connectivity index (χ3n) is 5.25. The molecule has 0 radical (unpaired) electrons. The van der Waals surface area contributed by atoms with E-state index in [1.807, 2.05) is 37.3 Å². The summed E-state index contributed by atoms with van der Waals surface area (Å²) in [6.45, 7) is 1.45. The molecule has 0 aliphatic rings. The smallest absolute Gasteiger partial charge is 0.243 e. The predicted octanol–water partition coefficient (Wildman–Crippen LogP) is 5.98. The zero-order chi connectivity index (χ0) is 24.7. The molecule has 1 N–H and O–H groups in total. The molecule has 3 aromatic rings. The standard InChI is InChI=1S/C25H25Cl3N2O3S/c1-18(7-8-19-5-3-2-4-6-19)29-25(31)17-30(16-20-9-10-22(27)15-24(20)28)34(32,33)23-13-11-21(26)12-14-23/h2-6,9-15,18H,7-8,16-17H2,1H3,(H,29,31)/t18-/m0/s1. The first-order valence-corrected chi connectivity index (χ1v) is 13.3. The van der Waals surface area contributed by atoms with Crippen LogP contribution in [-0.2, 0) is 27.8 Å². The topological polar surface area (TPSA) is 66.5 Å². The number of carbonyl (C=O) groups excluding carboxylic acids is 1. The number of nitrogens with one attached hydrogen (secondary N) is 1. The lowest BCUT2D eigenvalue weighted by atomic mass is 10.1. The van der Waals surface area contributed by atoms with Crippen LogP contribution < -0.4 is 5.32 Å². The molecule has 3 aromatic carbocycles. The van der Waals surface area contributed by atoms with Gasteiger partial charge in [-0.25, -0.2) is 8.42 Å². The third-order valence-corrected chi connectivity index (χ3v) is 7.89. The van der Waals surface area contributed by atoms with E-state index < -0.39 is 15.9 Å². The molecule has 1 amide bonds. The summed E-state index contributed by atoms with van der Waals surface area (Å²) in [7, 11) is -4.01. The summed E-state index contributed by atoms with van der Waals surface area (Å²) in [4.78, 5) is 12.9. The molecule has 0 aromatic heterocycles. The van der Waals surface area contributed by atoms with E-state index in [0.717, 1.165) is 17.1 Å². The van der Waals surface area contributed by atoms with E-state index >= 15 is 0 Å². The van der Waals surface area contributed by atoms with E-state index in [9.17, 15) is 13.2 Å². The minimum atomic E-state index is -4.01. The van der Waals surface area contributed by atoms with Gasteiger partial charge in [-0.2, -0.15) is 4.31 Å². The average molecular weight is 540 g/mol. The number of hydrogen-bond acceptors (Lipinski definition) is 3. The van der Waals surface area contributed by atoms with Crippen molar-refractivity contribution in [3.63, 3.8) is 0 Å². The summed E-state index contributed by atoms with van der Waals surface area (Å²) in [6, 6.07) is 20.5. The van der Waals surface area contributed by atoms with Crippen molar-refractivity contribution >= 4 is 50.7 Å². The summed E-state index contributed by atoms with van der Waals surface area (Å²) in [5, 5.41) is 4.07. The lowest BCUT2D eigenvalue weighted by molar-refractivity contribution is -0.122. The highest BCUT2D eigenvalue weighted by Crippen LogP contribution is 2.25. The van der Waals surface area contributed by atoms with Crippen molar-refractivity contribution in [2.75, 3.05) is 6.54 Å². The Labute approximate surface area is 215 Å². The average Bonchev–Trinajstić information content (AvgIpc) is 2.80. The van der Waals surface area contributed by atoms with Crippen LogP contribution in [0.15, 0.2) is 77.7 Å². The minimum Gasteiger partial charge on any atom is -0.352 e. The molecule has 0 saturated carbocycles. The monoisotopic (exact) mass is 538 g/mol. The molecule has 5 nitrogen and oxygen atoms in total. The Morgan fingerprint density at radius 2 is 1.59 bits per heavy atom. The molecule has 34 heavy (non-hydrogen) atoms. The van der Waals surface area contributed by atoms with E-state index in [4.69, 9.17) is 34.8 Å². The normalized spacial score (nSPS) is 12.5. The number of hydrogen-bond donors (Lipinski definition) is 1. The summed E-state index contributed by atoms with van der Waals surface area (Å²) >= 11 is 18.2. The van der Waals surface area contributed by atoms with Gasteiger partial charge in [0.25, 0.3) is 0 Å².